The average molecular weight is 295 g/mol. The quantitative estimate of drug-likeness (QED) is 0.743. The molecule has 6 heteroatoms. The molecule has 0 saturated heterocycles. The topological polar surface area (TPSA) is 74.6 Å². The zero-order valence-electron chi connectivity index (χ0n) is 13.0. The summed E-state index contributed by atoms with van der Waals surface area (Å²) >= 11 is 0. The largest absolute Gasteiger partial charge is 0.395 e. The Bertz CT molecular complexity index is 466. The number of amides is 2. The lowest BCUT2D eigenvalue weighted by molar-refractivity contribution is -0.122. The summed E-state index contributed by atoms with van der Waals surface area (Å²) in [6, 6.07) is 3.64. The molecule has 6 nitrogen and oxygen atoms in total. The van der Waals surface area contributed by atoms with Gasteiger partial charge < -0.3 is 9.67 Å². The van der Waals surface area contributed by atoms with Crippen LogP contribution in [0.1, 0.15) is 37.2 Å². The number of nitrogens with zero attached hydrogens (tertiary/aromatic N) is 2. The van der Waals surface area contributed by atoms with E-state index in [0.717, 1.165) is 12.8 Å². The van der Waals surface area contributed by atoms with Gasteiger partial charge in [-0.25, -0.2) is 0 Å². The maximum absolute atomic E-state index is 12.0. The van der Waals surface area contributed by atoms with Gasteiger partial charge in [-0.1, -0.05) is 13.8 Å². The Hall–Kier alpha value is -1.66. The first-order chi connectivity index (χ1) is 10.0. The van der Waals surface area contributed by atoms with E-state index in [1.54, 1.807) is 29.9 Å². The fourth-order valence-electron chi connectivity index (χ4n) is 2.44. The van der Waals surface area contributed by atoms with Crippen molar-refractivity contribution in [3.8, 4) is 0 Å². The lowest BCUT2D eigenvalue weighted by Crippen LogP contribution is -2.45. The fourth-order valence-corrected chi connectivity index (χ4v) is 2.44. The summed E-state index contributed by atoms with van der Waals surface area (Å²) in [5.74, 6) is -0.748. The minimum atomic E-state index is -0.402. The Balaban J connectivity index is 2.61. The number of hydrogen-bond acceptors (Lipinski definition) is 4. The highest BCUT2D eigenvalue weighted by molar-refractivity contribution is 6.04. The van der Waals surface area contributed by atoms with Crippen molar-refractivity contribution in [2.75, 3.05) is 19.7 Å². The molecule has 0 fully saturated rings. The summed E-state index contributed by atoms with van der Waals surface area (Å²) in [7, 11) is 1.75. The van der Waals surface area contributed by atoms with Crippen molar-refractivity contribution < 1.29 is 14.7 Å². The zero-order valence-corrected chi connectivity index (χ0v) is 13.0. The lowest BCUT2D eigenvalue weighted by Gasteiger charge is -2.28. The van der Waals surface area contributed by atoms with Crippen LogP contribution in [-0.4, -0.2) is 52.1 Å². The molecular weight excluding hydrogens is 270 g/mol. The summed E-state index contributed by atoms with van der Waals surface area (Å²) < 4.78 is 1.66. The van der Waals surface area contributed by atoms with Gasteiger partial charge in [0.2, 0.25) is 5.91 Å². The molecule has 0 spiro atoms. The monoisotopic (exact) mass is 295 g/mol. The van der Waals surface area contributed by atoms with E-state index in [9.17, 15) is 9.59 Å². The fraction of sp³-hybridized carbons (Fsp3) is 0.600. The van der Waals surface area contributed by atoms with Crippen LogP contribution in [0.2, 0.25) is 0 Å². The third kappa shape index (κ3) is 4.99. The molecule has 2 N–H and O–H groups in total. The van der Waals surface area contributed by atoms with Gasteiger partial charge in [-0.15, -0.1) is 0 Å². The van der Waals surface area contributed by atoms with Crippen molar-refractivity contribution in [1.82, 2.24) is 14.8 Å². The number of hydrogen-bond donors (Lipinski definition) is 2. The van der Waals surface area contributed by atoms with Gasteiger partial charge in [0.1, 0.15) is 5.69 Å². The van der Waals surface area contributed by atoms with E-state index in [4.69, 9.17) is 5.11 Å². The normalized spacial score (nSPS) is 11.1. The molecule has 1 rings (SSSR count). The molecule has 2 amide bonds. The molecule has 0 aliphatic heterocycles. The van der Waals surface area contributed by atoms with E-state index >= 15 is 0 Å². The number of nitrogens with one attached hydrogen (secondary N) is 1. The van der Waals surface area contributed by atoms with Crippen molar-refractivity contribution >= 4 is 11.8 Å². The minimum absolute atomic E-state index is 0.00443. The van der Waals surface area contributed by atoms with E-state index in [2.05, 4.69) is 5.32 Å². The summed E-state index contributed by atoms with van der Waals surface area (Å²) in [4.78, 5) is 25.9. The van der Waals surface area contributed by atoms with Gasteiger partial charge in [-0.3, -0.25) is 19.8 Å². The van der Waals surface area contributed by atoms with Crippen molar-refractivity contribution in [2.45, 2.75) is 32.7 Å². The second-order valence-corrected chi connectivity index (χ2v) is 5.05. The van der Waals surface area contributed by atoms with Crippen molar-refractivity contribution in [2.24, 2.45) is 7.05 Å². The van der Waals surface area contributed by atoms with E-state index in [-0.39, 0.29) is 25.1 Å². The molecule has 21 heavy (non-hydrogen) atoms. The first-order valence-electron chi connectivity index (χ1n) is 7.33. The standard InChI is InChI=1S/C15H25N3O3/c1-4-12(5-2)18(9-10-19)11-14(20)16-15(21)13-7-6-8-17(13)3/h6-8,12,19H,4-5,9-11H2,1-3H3,(H,16,20,21). The predicted octanol–water partition coefficient (Wildman–Crippen LogP) is 0.764. The number of carbonyl (C=O) groups is 2. The third-order valence-electron chi connectivity index (χ3n) is 3.62. The highest BCUT2D eigenvalue weighted by Gasteiger charge is 2.20. The van der Waals surface area contributed by atoms with E-state index < -0.39 is 5.91 Å². The summed E-state index contributed by atoms with van der Waals surface area (Å²) in [5.41, 5.74) is 0.444. The predicted molar refractivity (Wildman–Crippen MR) is 80.9 cm³/mol. The van der Waals surface area contributed by atoms with Crippen molar-refractivity contribution in [3.05, 3.63) is 24.0 Å². The Morgan fingerprint density at radius 3 is 2.52 bits per heavy atom. The molecule has 0 unspecified atom stereocenters. The van der Waals surface area contributed by atoms with Crippen molar-refractivity contribution in [1.29, 1.82) is 0 Å². The number of aromatic nitrogens is 1. The van der Waals surface area contributed by atoms with Gasteiger partial charge in [0.05, 0.1) is 13.2 Å². The van der Waals surface area contributed by atoms with Gasteiger partial charge in [0, 0.05) is 25.8 Å². The maximum Gasteiger partial charge on any atom is 0.274 e. The van der Waals surface area contributed by atoms with Crippen LogP contribution < -0.4 is 5.32 Å². The Kier molecular flexibility index (Phi) is 7.11. The summed E-state index contributed by atoms with van der Waals surface area (Å²) in [5, 5.41) is 11.5. The molecule has 1 aromatic heterocycles. The number of aryl methyl sites for hydroxylation is 1. The molecule has 118 valence electrons. The first-order valence-corrected chi connectivity index (χ1v) is 7.33. The number of rotatable bonds is 8. The summed E-state index contributed by atoms with van der Waals surface area (Å²) in [6.07, 6.45) is 3.55. The van der Waals surface area contributed by atoms with Gasteiger partial charge in [0.25, 0.3) is 5.91 Å². The van der Waals surface area contributed by atoms with Crippen molar-refractivity contribution in [3.63, 3.8) is 0 Å². The second-order valence-electron chi connectivity index (χ2n) is 5.05. The molecule has 0 aliphatic carbocycles. The Morgan fingerprint density at radius 2 is 2.05 bits per heavy atom. The van der Waals surface area contributed by atoms with Gasteiger partial charge in [-0.2, -0.15) is 0 Å². The number of aliphatic hydroxyl groups is 1. The molecule has 0 aromatic carbocycles. The smallest absolute Gasteiger partial charge is 0.274 e. The Labute approximate surface area is 125 Å². The summed E-state index contributed by atoms with van der Waals surface area (Å²) in [6.45, 7) is 4.63. The molecule has 0 radical (unpaired) electrons. The van der Waals surface area contributed by atoms with Crippen LogP contribution in [0, 0.1) is 0 Å². The van der Waals surface area contributed by atoms with Gasteiger partial charge >= 0.3 is 0 Å². The highest BCUT2D eigenvalue weighted by atomic mass is 16.3. The van der Waals surface area contributed by atoms with Crippen LogP contribution in [0.5, 0.6) is 0 Å². The molecule has 1 aromatic rings. The van der Waals surface area contributed by atoms with E-state index in [1.807, 2.05) is 18.7 Å². The second kappa shape index (κ2) is 8.59. The minimum Gasteiger partial charge on any atom is -0.395 e. The first kappa shape index (κ1) is 17.4. The highest BCUT2D eigenvalue weighted by Crippen LogP contribution is 2.07. The lowest BCUT2D eigenvalue weighted by atomic mass is 10.1. The molecular formula is C15H25N3O3. The van der Waals surface area contributed by atoms with Crippen LogP contribution in [-0.2, 0) is 11.8 Å². The Morgan fingerprint density at radius 1 is 1.38 bits per heavy atom. The van der Waals surface area contributed by atoms with E-state index in [1.165, 1.54) is 0 Å². The number of carbonyl (C=O) groups excluding carboxylic acids is 2. The molecule has 0 atom stereocenters. The average Bonchev–Trinajstić information content (AvgIpc) is 2.86. The van der Waals surface area contributed by atoms with Gasteiger partial charge in [0.15, 0.2) is 0 Å². The van der Waals surface area contributed by atoms with E-state index in [0.29, 0.717) is 12.2 Å². The van der Waals surface area contributed by atoms with Gasteiger partial charge in [-0.05, 0) is 25.0 Å². The SMILES string of the molecule is CCC(CC)N(CCO)CC(=O)NC(=O)c1cccn1C. The molecule has 0 saturated carbocycles. The third-order valence-corrected chi connectivity index (χ3v) is 3.62. The van der Waals surface area contributed by atoms with Crippen LogP contribution in [0.3, 0.4) is 0 Å². The van der Waals surface area contributed by atoms with Crippen LogP contribution >= 0.6 is 0 Å². The number of imide groups is 1. The van der Waals surface area contributed by atoms with Crippen LogP contribution in [0.4, 0.5) is 0 Å². The molecule has 0 aliphatic rings. The van der Waals surface area contributed by atoms with Crippen LogP contribution in [0.15, 0.2) is 18.3 Å². The number of aliphatic hydroxyl groups excluding tert-OH is 1. The maximum atomic E-state index is 12.0. The zero-order chi connectivity index (χ0) is 15.8. The molecule has 0 bridgehead atoms. The van der Waals surface area contributed by atoms with Crippen LogP contribution in [0.25, 0.3) is 0 Å². The molecule has 1 heterocycles.